The van der Waals surface area contributed by atoms with Gasteiger partial charge in [0.1, 0.15) is 0 Å². The van der Waals surface area contributed by atoms with Crippen LogP contribution in [0.25, 0.3) is 0 Å². The summed E-state index contributed by atoms with van der Waals surface area (Å²) in [5, 5.41) is 2.59. The first-order valence-corrected chi connectivity index (χ1v) is 10.2. The highest BCUT2D eigenvalue weighted by molar-refractivity contribution is 7.89. The predicted molar refractivity (Wildman–Crippen MR) is 112 cm³/mol. The van der Waals surface area contributed by atoms with Gasteiger partial charge in [0.15, 0.2) is 6.61 Å². The quantitative estimate of drug-likeness (QED) is 0.691. The van der Waals surface area contributed by atoms with Gasteiger partial charge in [-0.25, -0.2) is 17.5 Å². The molecule has 0 aliphatic carbocycles. The van der Waals surface area contributed by atoms with Crippen LogP contribution in [-0.2, 0) is 19.6 Å². The molecule has 2 rings (SSSR count). The lowest BCUT2D eigenvalue weighted by Crippen LogP contribution is -2.23. The lowest BCUT2D eigenvalue weighted by atomic mass is 10.2. The molecule has 29 heavy (non-hydrogen) atoms. The molecular weight excluding hydrogens is 394 g/mol. The van der Waals surface area contributed by atoms with E-state index < -0.39 is 28.5 Å². The third-order valence-electron chi connectivity index (χ3n) is 4.22. The fourth-order valence-electron chi connectivity index (χ4n) is 2.40. The molecule has 2 aromatic rings. The van der Waals surface area contributed by atoms with Crippen LogP contribution in [0.15, 0.2) is 47.4 Å². The molecule has 156 valence electrons. The Bertz CT molecular complexity index is 999. The maximum atomic E-state index is 12.3. The summed E-state index contributed by atoms with van der Waals surface area (Å²) in [5.41, 5.74) is 2.28. The number of benzene rings is 2. The Morgan fingerprint density at radius 3 is 2.17 bits per heavy atom. The summed E-state index contributed by atoms with van der Waals surface area (Å²) in [7, 11) is 3.00. The third kappa shape index (κ3) is 5.55. The average Bonchev–Trinajstić information content (AvgIpc) is 2.67. The molecule has 0 aliphatic rings. The molecule has 0 unspecified atom stereocenters. The number of amides is 1. The van der Waals surface area contributed by atoms with E-state index in [-0.39, 0.29) is 4.90 Å². The van der Waals surface area contributed by atoms with Crippen LogP contribution < -0.4 is 10.2 Å². The molecule has 0 spiro atoms. The number of sulfonamides is 1. The molecule has 0 atom stereocenters. The number of nitrogens with zero attached hydrogens (tertiary/aromatic N) is 2. The van der Waals surface area contributed by atoms with Crippen molar-refractivity contribution >= 4 is 33.3 Å². The number of rotatable bonds is 7. The van der Waals surface area contributed by atoms with Crippen LogP contribution in [0.3, 0.4) is 0 Å². The summed E-state index contributed by atoms with van der Waals surface area (Å²) in [4.78, 5) is 26.2. The molecule has 0 saturated heterocycles. The maximum Gasteiger partial charge on any atom is 0.338 e. The summed E-state index contributed by atoms with van der Waals surface area (Å²) >= 11 is 0. The van der Waals surface area contributed by atoms with Crippen molar-refractivity contribution in [2.45, 2.75) is 11.8 Å². The summed E-state index contributed by atoms with van der Waals surface area (Å²) in [5.74, 6) is -1.18. The summed E-state index contributed by atoms with van der Waals surface area (Å²) in [6.45, 7) is 1.25. The summed E-state index contributed by atoms with van der Waals surface area (Å²) in [6.07, 6.45) is 0. The van der Waals surface area contributed by atoms with Crippen molar-refractivity contribution in [2.24, 2.45) is 0 Å². The lowest BCUT2D eigenvalue weighted by Gasteiger charge is -2.14. The second-order valence-electron chi connectivity index (χ2n) is 6.83. The predicted octanol–water partition coefficient (Wildman–Crippen LogP) is 2.11. The van der Waals surface area contributed by atoms with Crippen molar-refractivity contribution in [3.63, 3.8) is 0 Å². The molecule has 0 aliphatic heterocycles. The zero-order valence-electron chi connectivity index (χ0n) is 17.1. The van der Waals surface area contributed by atoms with E-state index in [1.165, 1.54) is 26.2 Å². The Morgan fingerprint density at radius 2 is 1.62 bits per heavy atom. The zero-order chi connectivity index (χ0) is 21.8. The molecular formula is C20H25N3O5S. The molecule has 0 aromatic heterocycles. The standard InChI is InChI=1S/C20H25N3O5S/c1-14-6-11-17(29(26,27)23(4)5)12-18(14)21-19(24)13-28-20(25)15-7-9-16(10-8-15)22(2)3/h6-12H,13H2,1-5H3,(H,21,24). The van der Waals surface area contributed by atoms with Crippen molar-refractivity contribution in [3.8, 4) is 0 Å². The van der Waals surface area contributed by atoms with Gasteiger partial charge in [0.05, 0.1) is 10.5 Å². The maximum absolute atomic E-state index is 12.3. The number of hydrogen-bond donors (Lipinski definition) is 1. The van der Waals surface area contributed by atoms with Crippen LogP contribution in [0.1, 0.15) is 15.9 Å². The van der Waals surface area contributed by atoms with Gasteiger partial charge in [-0.2, -0.15) is 0 Å². The van der Waals surface area contributed by atoms with Crippen LogP contribution in [0.2, 0.25) is 0 Å². The first-order valence-electron chi connectivity index (χ1n) is 8.80. The first kappa shape index (κ1) is 22.4. The minimum absolute atomic E-state index is 0.0568. The Hall–Kier alpha value is -2.91. The van der Waals surface area contributed by atoms with Gasteiger partial charge in [-0.05, 0) is 48.9 Å². The minimum atomic E-state index is -3.63. The van der Waals surface area contributed by atoms with Crippen LogP contribution >= 0.6 is 0 Å². The van der Waals surface area contributed by atoms with E-state index in [1.54, 1.807) is 37.3 Å². The van der Waals surface area contributed by atoms with Gasteiger partial charge in [-0.1, -0.05) is 6.07 Å². The highest BCUT2D eigenvalue weighted by Gasteiger charge is 2.19. The largest absolute Gasteiger partial charge is 0.452 e. The normalized spacial score (nSPS) is 11.2. The second kappa shape index (κ2) is 9.06. The molecule has 0 radical (unpaired) electrons. The first-order chi connectivity index (χ1) is 13.5. The van der Waals surface area contributed by atoms with Crippen LogP contribution in [0.5, 0.6) is 0 Å². The number of hydrogen-bond acceptors (Lipinski definition) is 6. The Labute approximate surface area is 171 Å². The highest BCUT2D eigenvalue weighted by Crippen LogP contribution is 2.22. The molecule has 0 bridgehead atoms. The smallest absolute Gasteiger partial charge is 0.338 e. The number of carbonyl (C=O) groups is 2. The molecule has 0 saturated carbocycles. The van der Waals surface area contributed by atoms with Gasteiger partial charge >= 0.3 is 5.97 Å². The topological polar surface area (TPSA) is 96.0 Å². The number of nitrogens with one attached hydrogen (secondary N) is 1. The Balaban J connectivity index is 2.03. The van der Waals surface area contributed by atoms with Gasteiger partial charge in [0, 0.05) is 39.6 Å². The van der Waals surface area contributed by atoms with Crippen molar-refractivity contribution in [3.05, 3.63) is 53.6 Å². The Kier molecular flexibility index (Phi) is 6.99. The van der Waals surface area contributed by atoms with Crippen LogP contribution in [0, 0.1) is 6.92 Å². The fraction of sp³-hybridized carbons (Fsp3) is 0.300. The van der Waals surface area contributed by atoms with Gasteiger partial charge in [0.25, 0.3) is 5.91 Å². The van der Waals surface area contributed by atoms with Gasteiger partial charge in [0.2, 0.25) is 10.0 Å². The van der Waals surface area contributed by atoms with Crippen LogP contribution in [0.4, 0.5) is 11.4 Å². The van der Waals surface area contributed by atoms with Crippen molar-refractivity contribution in [2.75, 3.05) is 45.0 Å². The Morgan fingerprint density at radius 1 is 1.00 bits per heavy atom. The zero-order valence-corrected chi connectivity index (χ0v) is 17.9. The number of esters is 1. The summed E-state index contributed by atoms with van der Waals surface area (Å²) in [6, 6.07) is 11.2. The van der Waals surface area contributed by atoms with Gasteiger partial charge in [-0.3, -0.25) is 4.79 Å². The van der Waals surface area contributed by atoms with Crippen molar-refractivity contribution in [1.29, 1.82) is 0 Å². The van der Waals surface area contributed by atoms with Crippen LogP contribution in [-0.4, -0.2) is 59.4 Å². The van der Waals surface area contributed by atoms with Crippen molar-refractivity contribution < 1.29 is 22.7 Å². The van der Waals surface area contributed by atoms with E-state index in [9.17, 15) is 18.0 Å². The molecule has 9 heteroatoms. The van der Waals surface area contributed by atoms with E-state index >= 15 is 0 Å². The van der Waals surface area contributed by atoms with Gasteiger partial charge in [-0.15, -0.1) is 0 Å². The van der Waals surface area contributed by atoms with E-state index in [4.69, 9.17) is 4.74 Å². The molecule has 0 heterocycles. The van der Waals surface area contributed by atoms with E-state index in [0.29, 0.717) is 16.8 Å². The van der Waals surface area contributed by atoms with E-state index in [1.807, 2.05) is 19.0 Å². The average molecular weight is 420 g/mol. The number of anilines is 2. The van der Waals surface area contributed by atoms with E-state index in [2.05, 4.69) is 5.32 Å². The van der Waals surface area contributed by atoms with E-state index in [0.717, 1.165) is 9.99 Å². The number of ether oxygens (including phenoxy) is 1. The monoisotopic (exact) mass is 419 g/mol. The molecule has 1 amide bonds. The number of aryl methyl sites for hydroxylation is 1. The highest BCUT2D eigenvalue weighted by atomic mass is 32.2. The second-order valence-corrected chi connectivity index (χ2v) is 8.98. The SMILES string of the molecule is Cc1ccc(S(=O)(=O)N(C)C)cc1NC(=O)COC(=O)c1ccc(N(C)C)cc1. The third-order valence-corrected chi connectivity index (χ3v) is 6.03. The molecule has 8 nitrogen and oxygen atoms in total. The number of carbonyl (C=O) groups excluding carboxylic acids is 2. The van der Waals surface area contributed by atoms with Crippen molar-refractivity contribution in [1.82, 2.24) is 4.31 Å². The molecule has 0 fully saturated rings. The molecule has 1 N–H and O–H groups in total. The minimum Gasteiger partial charge on any atom is -0.452 e. The van der Waals surface area contributed by atoms with Gasteiger partial charge < -0.3 is 15.0 Å². The molecule has 2 aromatic carbocycles. The summed E-state index contributed by atoms with van der Waals surface area (Å²) < 4.78 is 30.7. The fourth-order valence-corrected chi connectivity index (χ4v) is 3.33. The lowest BCUT2D eigenvalue weighted by molar-refractivity contribution is -0.119.